The Labute approximate surface area is 164 Å². The molecule has 1 aromatic carbocycles. The molecular formula is C21H24N6O. The molecule has 1 saturated heterocycles. The Morgan fingerprint density at radius 2 is 1.86 bits per heavy atom. The molecule has 4 rings (SSSR count). The summed E-state index contributed by atoms with van der Waals surface area (Å²) in [5.41, 5.74) is 3.51. The van der Waals surface area contributed by atoms with Crippen LogP contribution >= 0.6 is 0 Å². The zero-order chi connectivity index (χ0) is 19.5. The smallest absolute Gasteiger partial charge is 0.229 e. The van der Waals surface area contributed by atoms with Gasteiger partial charge >= 0.3 is 0 Å². The summed E-state index contributed by atoms with van der Waals surface area (Å²) in [6.45, 7) is 5.40. The van der Waals surface area contributed by atoms with Crippen molar-refractivity contribution >= 4 is 17.5 Å². The maximum atomic E-state index is 13.0. The molecule has 28 heavy (non-hydrogen) atoms. The normalized spacial score (nSPS) is 16.8. The number of benzene rings is 1. The molecule has 1 fully saturated rings. The second-order valence-corrected chi connectivity index (χ2v) is 7.12. The molecule has 7 heteroatoms. The average Bonchev–Trinajstić information content (AvgIpc) is 3.03. The van der Waals surface area contributed by atoms with Crippen LogP contribution in [0.1, 0.15) is 24.2 Å². The predicted molar refractivity (Wildman–Crippen MR) is 109 cm³/mol. The van der Waals surface area contributed by atoms with E-state index in [0.717, 1.165) is 42.1 Å². The van der Waals surface area contributed by atoms with E-state index in [1.54, 1.807) is 18.5 Å². The van der Waals surface area contributed by atoms with Crippen molar-refractivity contribution in [2.24, 2.45) is 5.92 Å². The molecule has 1 amide bonds. The van der Waals surface area contributed by atoms with Crippen LogP contribution in [0.3, 0.4) is 0 Å². The Morgan fingerprint density at radius 3 is 2.61 bits per heavy atom. The maximum Gasteiger partial charge on any atom is 0.229 e. The van der Waals surface area contributed by atoms with E-state index < -0.39 is 0 Å². The van der Waals surface area contributed by atoms with Crippen LogP contribution in [-0.2, 0) is 4.79 Å². The SMILES string of the molecule is Cc1nn(-c2ccccc2)c(C)c1NC(=O)C1CCCN(c2ncccn2)C1. The zero-order valence-corrected chi connectivity index (χ0v) is 16.2. The Hall–Kier alpha value is -3.22. The summed E-state index contributed by atoms with van der Waals surface area (Å²) >= 11 is 0. The minimum atomic E-state index is -0.101. The second-order valence-electron chi connectivity index (χ2n) is 7.12. The van der Waals surface area contributed by atoms with Crippen LogP contribution in [0.25, 0.3) is 5.69 Å². The lowest BCUT2D eigenvalue weighted by atomic mass is 9.97. The molecule has 7 nitrogen and oxygen atoms in total. The molecule has 0 saturated carbocycles. The van der Waals surface area contributed by atoms with Crippen molar-refractivity contribution in [1.82, 2.24) is 19.7 Å². The topological polar surface area (TPSA) is 75.9 Å². The Morgan fingerprint density at radius 1 is 1.11 bits per heavy atom. The lowest BCUT2D eigenvalue weighted by Gasteiger charge is -2.31. The van der Waals surface area contributed by atoms with Crippen molar-refractivity contribution in [1.29, 1.82) is 0 Å². The van der Waals surface area contributed by atoms with Crippen LogP contribution in [0.15, 0.2) is 48.8 Å². The van der Waals surface area contributed by atoms with Crippen LogP contribution in [-0.4, -0.2) is 38.7 Å². The Kier molecular flexibility index (Phi) is 5.06. The van der Waals surface area contributed by atoms with E-state index in [-0.39, 0.29) is 11.8 Å². The van der Waals surface area contributed by atoms with Crippen molar-refractivity contribution in [2.45, 2.75) is 26.7 Å². The summed E-state index contributed by atoms with van der Waals surface area (Å²) in [6.07, 6.45) is 5.27. The average molecular weight is 376 g/mol. The van der Waals surface area contributed by atoms with Crippen LogP contribution in [0, 0.1) is 19.8 Å². The van der Waals surface area contributed by atoms with Crippen molar-refractivity contribution in [3.8, 4) is 5.69 Å². The van der Waals surface area contributed by atoms with Gasteiger partial charge in [-0.3, -0.25) is 4.79 Å². The Balaban J connectivity index is 1.50. The van der Waals surface area contributed by atoms with Gasteiger partial charge in [0.15, 0.2) is 0 Å². The number of carbonyl (C=O) groups excluding carboxylic acids is 1. The first-order valence-electron chi connectivity index (χ1n) is 9.58. The standard InChI is InChI=1S/C21H24N6O/c1-15-19(16(2)27(25-15)18-9-4-3-5-10-18)24-20(28)17-8-6-13-26(14-17)21-22-11-7-12-23-21/h3-5,7,9-12,17H,6,8,13-14H2,1-2H3,(H,24,28). The van der Waals surface area contributed by atoms with Gasteiger partial charge in [-0.05, 0) is 44.9 Å². The van der Waals surface area contributed by atoms with Crippen molar-refractivity contribution in [2.75, 3.05) is 23.3 Å². The summed E-state index contributed by atoms with van der Waals surface area (Å²) in [5, 5.41) is 7.73. The second kappa shape index (κ2) is 7.80. The van der Waals surface area contributed by atoms with Crippen LogP contribution in [0.4, 0.5) is 11.6 Å². The number of anilines is 2. The number of hydrogen-bond donors (Lipinski definition) is 1. The number of carbonyl (C=O) groups is 1. The van der Waals surface area contributed by atoms with Crippen LogP contribution in [0.2, 0.25) is 0 Å². The Bertz CT molecular complexity index is 954. The third kappa shape index (κ3) is 3.60. The molecule has 1 aliphatic heterocycles. The molecule has 144 valence electrons. The van der Waals surface area contributed by atoms with Gasteiger partial charge in [-0.25, -0.2) is 14.6 Å². The minimum Gasteiger partial charge on any atom is -0.340 e. The molecule has 1 aliphatic rings. The summed E-state index contributed by atoms with van der Waals surface area (Å²) < 4.78 is 1.87. The molecule has 0 spiro atoms. The highest BCUT2D eigenvalue weighted by Crippen LogP contribution is 2.26. The number of para-hydroxylation sites is 1. The molecule has 0 aliphatic carbocycles. The van der Waals surface area contributed by atoms with Crippen LogP contribution < -0.4 is 10.2 Å². The van der Waals surface area contributed by atoms with Gasteiger partial charge in [0.2, 0.25) is 11.9 Å². The number of aromatic nitrogens is 4. The fourth-order valence-corrected chi connectivity index (χ4v) is 3.70. The van der Waals surface area contributed by atoms with E-state index in [4.69, 9.17) is 0 Å². The van der Waals surface area contributed by atoms with E-state index >= 15 is 0 Å². The number of amides is 1. The molecule has 2 aromatic heterocycles. The lowest BCUT2D eigenvalue weighted by molar-refractivity contribution is -0.120. The van der Waals surface area contributed by atoms with Gasteiger partial charge in [0, 0.05) is 25.5 Å². The monoisotopic (exact) mass is 376 g/mol. The van der Waals surface area contributed by atoms with E-state index in [2.05, 4.69) is 25.3 Å². The third-order valence-corrected chi connectivity index (χ3v) is 5.17. The maximum absolute atomic E-state index is 13.0. The summed E-state index contributed by atoms with van der Waals surface area (Å²) in [5.74, 6) is 0.611. The van der Waals surface area contributed by atoms with Gasteiger partial charge in [0.05, 0.1) is 28.7 Å². The third-order valence-electron chi connectivity index (χ3n) is 5.17. The van der Waals surface area contributed by atoms with Gasteiger partial charge in [0.25, 0.3) is 0 Å². The molecule has 0 bridgehead atoms. The van der Waals surface area contributed by atoms with Crippen molar-refractivity contribution in [3.05, 3.63) is 60.2 Å². The van der Waals surface area contributed by atoms with E-state index in [1.165, 1.54) is 0 Å². The molecule has 1 atom stereocenters. The summed E-state index contributed by atoms with van der Waals surface area (Å²) in [6, 6.07) is 11.7. The first kappa shape index (κ1) is 18.2. The van der Waals surface area contributed by atoms with Gasteiger partial charge in [-0.1, -0.05) is 18.2 Å². The molecule has 0 radical (unpaired) electrons. The summed E-state index contributed by atoms with van der Waals surface area (Å²) in [4.78, 5) is 23.7. The van der Waals surface area contributed by atoms with Gasteiger partial charge in [-0.2, -0.15) is 5.10 Å². The number of nitrogens with one attached hydrogen (secondary N) is 1. The van der Waals surface area contributed by atoms with Crippen molar-refractivity contribution < 1.29 is 4.79 Å². The van der Waals surface area contributed by atoms with E-state index in [0.29, 0.717) is 12.5 Å². The fourth-order valence-electron chi connectivity index (χ4n) is 3.70. The minimum absolute atomic E-state index is 0.0273. The number of nitrogens with zero attached hydrogens (tertiary/aromatic N) is 5. The number of piperidine rings is 1. The fraction of sp³-hybridized carbons (Fsp3) is 0.333. The molecular weight excluding hydrogens is 352 g/mol. The molecule has 1 N–H and O–H groups in total. The number of hydrogen-bond acceptors (Lipinski definition) is 5. The van der Waals surface area contributed by atoms with Gasteiger partial charge < -0.3 is 10.2 Å². The molecule has 3 heterocycles. The van der Waals surface area contributed by atoms with Crippen molar-refractivity contribution in [3.63, 3.8) is 0 Å². The van der Waals surface area contributed by atoms with E-state index in [1.807, 2.05) is 48.9 Å². The quantitative estimate of drug-likeness (QED) is 0.757. The first-order valence-corrected chi connectivity index (χ1v) is 9.58. The zero-order valence-electron chi connectivity index (χ0n) is 16.2. The van der Waals surface area contributed by atoms with Gasteiger partial charge in [0.1, 0.15) is 0 Å². The molecule has 1 unspecified atom stereocenters. The highest BCUT2D eigenvalue weighted by atomic mass is 16.2. The largest absolute Gasteiger partial charge is 0.340 e. The highest BCUT2D eigenvalue weighted by molar-refractivity contribution is 5.94. The van der Waals surface area contributed by atoms with Crippen LogP contribution in [0.5, 0.6) is 0 Å². The first-order chi connectivity index (χ1) is 13.6. The predicted octanol–water partition coefficient (Wildman–Crippen LogP) is 3.13. The number of rotatable bonds is 4. The van der Waals surface area contributed by atoms with Gasteiger partial charge in [-0.15, -0.1) is 0 Å². The molecule has 3 aromatic rings. The lowest BCUT2D eigenvalue weighted by Crippen LogP contribution is -2.41. The van der Waals surface area contributed by atoms with E-state index in [9.17, 15) is 4.79 Å². The number of aryl methyl sites for hydroxylation is 1. The summed E-state index contributed by atoms with van der Waals surface area (Å²) in [7, 11) is 0. The highest BCUT2D eigenvalue weighted by Gasteiger charge is 2.28.